The lowest BCUT2D eigenvalue weighted by Gasteiger charge is -2.03. The molecular weight excluding hydrogens is 234 g/mol. The highest BCUT2D eigenvalue weighted by Crippen LogP contribution is 2.43. The molecule has 0 N–H and O–H groups in total. The number of hydrogen-bond acceptors (Lipinski definition) is 2. The summed E-state index contributed by atoms with van der Waals surface area (Å²) in [5.41, 5.74) is 4.66. The predicted molar refractivity (Wildman–Crippen MR) is 79.4 cm³/mol. The van der Waals surface area contributed by atoms with Crippen molar-refractivity contribution in [1.82, 2.24) is 4.90 Å². The minimum absolute atomic E-state index is 0.0719. The monoisotopic (exact) mass is 253 g/mol. The molecule has 0 aliphatic heterocycles. The van der Waals surface area contributed by atoms with Crippen LogP contribution in [0.3, 0.4) is 0 Å². The van der Waals surface area contributed by atoms with Crippen molar-refractivity contribution >= 4 is 6.29 Å². The molecule has 0 bridgehead atoms. The first-order valence-corrected chi connectivity index (χ1v) is 6.39. The Morgan fingerprint density at radius 2 is 1.21 bits per heavy atom. The van der Waals surface area contributed by atoms with Crippen LogP contribution in [0.1, 0.15) is 17.0 Å². The van der Waals surface area contributed by atoms with E-state index in [1.807, 2.05) is 62.4 Å². The Hall–Kier alpha value is -1.93. The molecule has 0 aromatic heterocycles. The number of rotatable bonds is 1. The Bertz CT molecular complexity index is 527. The fourth-order valence-electron chi connectivity index (χ4n) is 2.34. The standard InChI is InChI=1S/C14H10O.C3H9N/c15-9-14-12-7-3-1-5-10(12)11-6-2-4-8-13(11)14;1-4(2)3/h1-9,14H;1-3H3. The second-order valence-electron chi connectivity index (χ2n) is 5.13. The number of carbonyl (C=O) groups is 1. The highest BCUT2D eigenvalue weighted by molar-refractivity contribution is 5.87. The van der Waals surface area contributed by atoms with E-state index in [0.29, 0.717) is 0 Å². The highest BCUT2D eigenvalue weighted by Gasteiger charge is 2.26. The maximum atomic E-state index is 11.1. The van der Waals surface area contributed by atoms with Gasteiger partial charge in [-0.1, -0.05) is 48.5 Å². The van der Waals surface area contributed by atoms with Crippen molar-refractivity contribution < 1.29 is 4.79 Å². The van der Waals surface area contributed by atoms with Crippen LogP contribution in [0, 0.1) is 0 Å². The average molecular weight is 253 g/mol. The summed E-state index contributed by atoms with van der Waals surface area (Å²) in [6, 6.07) is 16.2. The lowest BCUT2D eigenvalue weighted by atomic mass is 9.99. The second-order valence-corrected chi connectivity index (χ2v) is 5.13. The zero-order valence-electron chi connectivity index (χ0n) is 11.6. The summed E-state index contributed by atoms with van der Waals surface area (Å²) in [5, 5.41) is 0. The van der Waals surface area contributed by atoms with Crippen LogP contribution in [0.2, 0.25) is 0 Å². The molecule has 1 aliphatic carbocycles. The van der Waals surface area contributed by atoms with Gasteiger partial charge >= 0.3 is 0 Å². The lowest BCUT2D eigenvalue weighted by Crippen LogP contribution is -1.99. The summed E-state index contributed by atoms with van der Waals surface area (Å²) >= 11 is 0. The lowest BCUT2D eigenvalue weighted by molar-refractivity contribution is -0.108. The summed E-state index contributed by atoms with van der Waals surface area (Å²) in [7, 11) is 6.00. The van der Waals surface area contributed by atoms with E-state index in [1.165, 1.54) is 11.1 Å². The Labute approximate surface area is 114 Å². The van der Waals surface area contributed by atoms with Crippen molar-refractivity contribution in [2.24, 2.45) is 0 Å². The largest absolute Gasteiger partial charge is 0.312 e. The fraction of sp³-hybridized carbons (Fsp3) is 0.235. The summed E-state index contributed by atoms with van der Waals surface area (Å²) in [4.78, 5) is 13.1. The van der Waals surface area contributed by atoms with Gasteiger partial charge in [0.1, 0.15) is 6.29 Å². The van der Waals surface area contributed by atoms with Gasteiger partial charge in [-0.05, 0) is 43.4 Å². The smallest absolute Gasteiger partial charge is 0.131 e. The van der Waals surface area contributed by atoms with E-state index in [-0.39, 0.29) is 5.92 Å². The van der Waals surface area contributed by atoms with Crippen LogP contribution in [0.5, 0.6) is 0 Å². The van der Waals surface area contributed by atoms with Crippen molar-refractivity contribution in [2.75, 3.05) is 21.1 Å². The SMILES string of the molecule is CN(C)C.O=CC1c2ccccc2-c2ccccc21. The van der Waals surface area contributed by atoms with Gasteiger partial charge in [-0.15, -0.1) is 0 Å². The summed E-state index contributed by atoms with van der Waals surface area (Å²) < 4.78 is 0. The molecule has 0 spiro atoms. The van der Waals surface area contributed by atoms with Gasteiger partial charge in [0.25, 0.3) is 0 Å². The Morgan fingerprint density at radius 1 is 0.842 bits per heavy atom. The maximum absolute atomic E-state index is 11.1. The molecule has 0 amide bonds. The molecule has 3 rings (SSSR count). The number of carbonyl (C=O) groups excluding carboxylic acids is 1. The molecule has 2 nitrogen and oxygen atoms in total. The minimum atomic E-state index is -0.0719. The van der Waals surface area contributed by atoms with E-state index in [1.54, 1.807) is 0 Å². The molecule has 0 fully saturated rings. The molecule has 2 heteroatoms. The third-order valence-electron chi connectivity index (χ3n) is 3.02. The highest BCUT2D eigenvalue weighted by atomic mass is 16.1. The van der Waals surface area contributed by atoms with Crippen molar-refractivity contribution in [3.05, 3.63) is 59.7 Å². The predicted octanol–water partition coefficient (Wildman–Crippen LogP) is 3.18. The molecule has 0 unspecified atom stereocenters. The molecule has 0 heterocycles. The van der Waals surface area contributed by atoms with Crippen LogP contribution in [-0.4, -0.2) is 32.3 Å². The molecule has 1 aliphatic rings. The van der Waals surface area contributed by atoms with Gasteiger partial charge < -0.3 is 9.69 Å². The zero-order valence-corrected chi connectivity index (χ0v) is 11.6. The topological polar surface area (TPSA) is 20.3 Å². The average Bonchev–Trinajstić information content (AvgIpc) is 2.72. The summed E-state index contributed by atoms with van der Waals surface area (Å²) in [6.07, 6.45) is 1.03. The fourth-order valence-corrected chi connectivity index (χ4v) is 2.34. The Balaban J connectivity index is 0.000000297. The van der Waals surface area contributed by atoms with Crippen LogP contribution in [0.4, 0.5) is 0 Å². The van der Waals surface area contributed by atoms with E-state index >= 15 is 0 Å². The third-order valence-corrected chi connectivity index (χ3v) is 3.02. The molecule has 2 aromatic rings. The zero-order chi connectivity index (χ0) is 13.8. The van der Waals surface area contributed by atoms with E-state index in [2.05, 4.69) is 12.1 Å². The number of fused-ring (bicyclic) bond motifs is 3. The van der Waals surface area contributed by atoms with Gasteiger partial charge in [0.2, 0.25) is 0 Å². The van der Waals surface area contributed by atoms with Gasteiger partial charge in [-0.3, -0.25) is 0 Å². The third kappa shape index (κ3) is 2.74. The van der Waals surface area contributed by atoms with E-state index < -0.39 is 0 Å². The molecule has 0 saturated carbocycles. The van der Waals surface area contributed by atoms with Crippen molar-refractivity contribution in [3.63, 3.8) is 0 Å². The van der Waals surface area contributed by atoms with Crippen molar-refractivity contribution in [3.8, 4) is 11.1 Å². The van der Waals surface area contributed by atoms with Gasteiger partial charge in [0, 0.05) is 0 Å². The first-order chi connectivity index (χ1) is 9.15. The van der Waals surface area contributed by atoms with Crippen LogP contribution in [-0.2, 0) is 4.79 Å². The number of hydrogen-bond donors (Lipinski definition) is 0. The Kier molecular flexibility index (Phi) is 4.13. The van der Waals surface area contributed by atoms with Crippen molar-refractivity contribution in [1.29, 1.82) is 0 Å². The minimum Gasteiger partial charge on any atom is -0.312 e. The van der Waals surface area contributed by atoms with Gasteiger partial charge in [-0.2, -0.15) is 0 Å². The first kappa shape index (κ1) is 13.5. The molecule has 2 aromatic carbocycles. The quantitative estimate of drug-likeness (QED) is 0.728. The molecular formula is C17H19NO. The summed E-state index contributed by atoms with van der Waals surface area (Å²) in [6.45, 7) is 0. The molecule has 0 saturated heterocycles. The van der Waals surface area contributed by atoms with Crippen LogP contribution < -0.4 is 0 Å². The number of aldehydes is 1. The van der Waals surface area contributed by atoms with Crippen LogP contribution in [0.25, 0.3) is 11.1 Å². The molecule has 98 valence electrons. The van der Waals surface area contributed by atoms with Gasteiger partial charge in [0.15, 0.2) is 0 Å². The maximum Gasteiger partial charge on any atom is 0.131 e. The summed E-state index contributed by atoms with van der Waals surface area (Å²) in [5.74, 6) is -0.0719. The second kappa shape index (κ2) is 5.81. The van der Waals surface area contributed by atoms with E-state index in [0.717, 1.165) is 17.4 Å². The molecule has 0 radical (unpaired) electrons. The van der Waals surface area contributed by atoms with E-state index in [9.17, 15) is 4.79 Å². The number of benzene rings is 2. The van der Waals surface area contributed by atoms with Gasteiger partial charge in [0.05, 0.1) is 5.92 Å². The van der Waals surface area contributed by atoms with Crippen molar-refractivity contribution in [2.45, 2.75) is 5.92 Å². The van der Waals surface area contributed by atoms with Crippen LogP contribution in [0.15, 0.2) is 48.5 Å². The molecule has 19 heavy (non-hydrogen) atoms. The Morgan fingerprint density at radius 3 is 1.58 bits per heavy atom. The van der Waals surface area contributed by atoms with E-state index in [4.69, 9.17) is 0 Å². The normalized spacial score (nSPS) is 12.4. The number of nitrogens with zero attached hydrogens (tertiary/aromatic N) is 1. The van der Waals surface area contributed by atoms with Crippen LogP contribution >= 0.6 is 0 Å². The van der Waals surface area contributed by atoms with Gasteiger partial charge in [-0.25, -0.2) is 0 Å². The molecule has 0 atom stereocenters. The first-order valence-electron chi connectivity index (χ1n) is 6.39.